The van der Waals surface area contributed by atoms with Crippen LogP contribution in [-0.4, -0.2) is 12.5 Å². The summed E-state index contributed by atoms with van der Waals surface area (Å²) < 4.78 is 31.8. The van der Waals surface area contributed by atoms with Crippen LogP contribution in [0.15, 0.2) is 40.9 Å². The summed E-state index contributed by atoms with van der Waals surface area (Å²) in [6.07, 6.45) is 0. The summed E-state index contributed by atoms with van der Waals surface area (Å²) >= 11 is 3.33. The molecule has 0 aromatic heterocycles. The van der Waals surface area contributed by atoms with E-state index in [1.54, 1.807) is 12.1 Å². The van der Waals surface area contributed by atoms with Crippen LogP contribution in [0.25, 0.3) is 0 Å². The van der Waals surface area contributed by atoms with Crippen molar-refractivity contribution in [2.45, 2.75) is 6.92 Å². The Hall–Kier alpha value is -1.95. The SMILES string of the molecule is Cc1cc(Br)ccc1NC(=O)COc1ccc(F)c(F)c1. The highest BCUT2D eigenvalue weighted by Gasteiger charge is 2.08. The van der Waals surface area contributed by atoms with Crippen molar-refractivity contribution in [2.24, 2.45) is 0 Å². The van der Waals surface area contributed by atoms with Gasteiger partial charge in [-0.05, 0) is 42.8 Å². The summed E-state index contributed by atoms with van der Waals surface area (Å²) in [5.41, 5.74) is 1.56. The number of halogens is 3. The number of rotatable bonds is 4. The molecule has 0 aliphatic carbocycles. The van der Waals surface area contributed by atoms with E-state index in [-0.39, 0.29) is 18.3 Å². The minimum Gasteiger partial charge on any atom is -0.484 e. The normalized spacial score (nSPS) is 10.3. The molecule has 21 heavy (non-hydrogen) atoms. The van der Waals surface area contributed by atoms with Crippen molar-refractivity contribution in [3.05, 3.63) is 58.1 Å². The molecule has 0 saturated carbocycles. The van der Waals surface area contributed by atoms with Crippen molar-refractivity contribution in [3.63, 3.8) is 0 Å². The number of anilines is 1. The lowest BCUT2D eigenvalue weighted by Gasteiger charge is -2.10. The van der Waals surface area contributed by atoms with E-state index in [2.05, 4.69) is 21.2 Å². The molecule has 6 heteroatoms. The first-order chi connectivity index (χ1) is 9.95. The van der Waals surface area contributed by atoms with Crippen LogP contribution in [0.3, 0.4) is 0 Å². The van der Waals surface area contributed by atoms with Crippen molar-refractivity contribution in [2.75, 3.05) is 11.9 Å². The number of hydrogen-bond acceptors (Lipinski definition) is 2. The molecule has 0 spiro atoms. The van der Waals surface area contributed by atoms with Gasteiger partial charge in [-0.15, -0.1) is 0 Å². The minimum atomic E-state index is -1.02. The fraction of sp³-hybridized carbons (Fsp3) is 0.133. The second-order valence-corrected chi connectivity index (χ2v) is 5.29. The third kappa shape index (κ3) is 4.26. The van der Waals surface area contributed by atoms with Gasteiger partial charge in [-0.2, -0.15) is 0 Å². The number of amides is 1. The second-order valence-electron chi connectivity index (χ2n) is 4.37. The van der Waals surface area contributed by atoms with Crippen LogP contribution in [0, 0.1) is 18.6 Å². The molecule has 0 saturated heterocycles. The van der Waals surface area contributed by atoms with Gasteiger partial charge < -0.3 is 10.1 Å². The highest BCUT2D eigenvalue weighted by Crippen LogP contribution is 2.20. The summed E-state index contributed by atoms with van der Waals surface area (Å²) in [6.45, 7) is 1.57. The summed E-state index contributed by atoms with van der Waals surface area (Å²) in [7, 11) is 0. The molecule has 0 unspecified atom stereocenters. The second kappa shape index (κ2) is 6.67. The lowest BCUT2D eigenvalue weighted by Crippen LogP contribution is -2.20. The first kappa shape index (κ1) is 15.4. The van der Waals surface area contributed by atoms with Crippen LogP contribution >= 0.6 is 15.9 Å². The van der Waals surface area contributed by atoms with E-state index in [9.17, 15) is 13.6 Å². The Morgan fingerprint density at radius 3 is 2.62 bits per heavy atom. The number of ether oxygens (including phenoxy) is 1. The first-order valence-electron chi connectivity index (χ1n) is 6.09. The van der Waals surface area contributed by atoms with Crippen LogP contribution in [0.5, 0.6) is 5.75 Å². The Morgan fingerprint density at radius 1 is 1.19 bits per heavy atom. The fourth-order valence-corrected chi connectivity index (χ4v) is 2.14. The monoisotopic (exact) mass is 355 g/mol. The molecule has 2 aromatic rings. The molecule has 0 atom stereocenters. The van der Waals surface area contributed by atoms with E-state index in [1.807, 2.05) is 13.0 Å². The molecule has 0 aliphatic rings. The lowest BCUT2D eigenvalue weighted by molar-refractivity contribution is -0.118. The molecule has 0 radical (unpaired) electrons. The Kier molecular flexibility index (Phi) is 4.90. The van der Waals surface area contributed by atoms with Crippen molar-refractivity contribution in [1.82, 2.24) is 0 Å². The average Bonchev–Trinajstić information content (AvgIpc) is 2.43. The Labute approximate surface area is 129 Å². The number of nitrogens with one attached hydrogen (secondary N) is 1. The largest absolute Gasteiger partial charge is 0.484 e. The minimum absolute atomic E-state index is 0.0941. The van der Waals surface area contributed by atoms with E-state index in [0.29, 0.717) is 5.69 Å². The summed E-state index contributed by atoms with van der Waals surface area (Å²) in [5.74, 6) is -2.27. The van der Waals surface area contributed by atoms with Gasteiger partial charge in [0.1, 0.15) is 5.75 Å². The van der Waals surface area contributed by atoms with Crippen molar-refractivity contribution >= 4 is 27.5 Å². The van der Waals surface area contributed by atoms with Crippen LogP contribution in [0.4, 0.5) is 14.5 Å². The summed E-state index contributed by atoms with van der Waals surface area (Å²) in [4.78, 5) is 11.8. The zero-order valence-electron chi connectivity index (χ0n) is 11.1. The molecule has 1 amide bonds. The molecular formula is C15H12BrF2NO2. The highest BCUT2D eigenvalue weighted by molar-refractivity contribution is 9.10. The molecule has 0 heterocycles. The van der Waals surface area contributed by atoms with Crippen molar-refractivity contribution in [1.29, 1.82) is 0 Å². The van der Waals surface area contributed by atoms with Crippen molar-refractivity contribution < 1.29 is 18.3 Å². The Bertz CT molecular complexity index is 677. The van der Waals surface area contributed by atoms with Gasteiger partial charge in [0.25, 0.3) is 5.91 Å². The standard InChI is InChI=1S/C15H12BrF2NO2/c1-9-6-10(16)2-5-14(9)19-15(20)8-21-11-3-4-12(17)13(18)7-11/h2-7H,8H2,1H3,(H,19,20). The van der Waals surface area contributed by atoms with Gasteiger partial charge in [0.15, 0.2) is 18.2 Å². The number of carbonyl (C=O) groups is 1. The van der Waals surface area contributed by atoms with Gasteiger partial charge in [0, 0.05) is 16.2 Å². The van der Waals surface area contributed by atoms with Gasteiger partial charge in [0.05, 0.1) is 0 Å². The molecule has 0 fully saturated rings. The third-order valence-electron chi connectivity index (χ3n) is 2.72. The van der Waals surface area contributed by atoms with Gasteiger partial charge in [0.2, 0.25) is 0 Å². The van der Waals surface area contributed by atoms with E-state index in [1.165, 1.54) is 6.07 Å². The Balaban J connectivity index is 1.94. The summed E-state index contributed by atoms with van der Waals surface area (Å²) in [5, 5.41) is 2.68. The van der Waals surface area contributed by atoms with Crippen LogP contribution < -0.4 is 10.1 Å². The van der Waals surface area contributed by atoms with Gasteiger partial charge in [-0.25, -0.2) is 8.78 Å². The van der Waals surface area contributed by atoms with Gasteiger partial charge >= 0.3 is 0 Å². The number of carbonyl (C=O) groups excluding carboxylic acids is 1. The topological polar surface area (TPSA) is 38.3 Å². The molecule has 2 aromatic carbocycles. The van der Waals surface area contributed by atoms with Crippen LogP contribution in [0.1, 0.15) is 5.56 Å². The molecule has 2 rings (SSSR count). The summed E-state index contributed by atoms with van der Waals surface area (Å²) in [6, 6.07) is 8.53. The van der Waals surface area contributed by atoms with E-state index in [0.717, 1.165) is 22.2 Å². The maximum Gasteiger partial charge on any atom is 0.262 e. The molecule has 0 bridgehead atoms. The maximum absolute atomic E-state index is 13.0. The van der Waals surface area contributed by atoms with E-state index < -0.39 is 11.6 Å². The smallest absolute Gasteiger partial charge is 0.262 e. The van der Waals surface area contributed by atoms with E-state index >= 15 is 0 Å². The molecule has 1 N–H and O–H groups in total. The molecule has 110 valence electrons. The third-order valence-corrected chi connectivity index (χ3v) is 3.22. The average molecular weight is 356 g/mol. The van der Waals surface area contributed by atoms with Crippen molar-refractivity contribution in [3.8, 4) is 5.75 Å². The first-order valence-corrected chi connectivity index (χ1v) is 6.89. The number of benzene rings is 2. The predicted octanol–water partition coefficient (Wildman–Crippen LogP) is 4.05. The number of hydrogen-bond donors (Lipinski definition) is 1. The highest BCUT2D eigenvalue weighted by atomic mass is 79.9. The molecule has 3 nitrogen and oxygen atoms in total. The van der Waals surface area contributed by atoms with Crippen LogP contribution in [-0.2, 0) is 4.79 Å². The zero-order chi connectivity index (χ0) is 15.4. The van der Waals surface area contributed by atoms with E-state index in [4.69, 9.17) is 4.74 Å². The maximum atomic E-state index is 13.0. The van der Waals surface area contributed by atoms with Crippen LogP contribution in [0.2, 0.25) is 0 Å². The Morgan fingerprint density at radius 2 is 1.95 bits per heavy atom. The number of aryl methyl sites for hydroxylation is 1. The van der Waals surface area contributed by atoms with Gasteiger partial charge in [-0.3, -0.25) is 4.79 Å². The predicted molar refractivity (Wildman–Crippen MR) is 79.4 cm³/mol. The quantitative estimate of drug-likeness (QED) is 0.898. The molecular weight excluding hydrogens is 344 g/mol. The van der Waals surface area contributed by atoms with Gasteiger partial charge in [-0.1, -0.05) is 15.9 Å². The fourth-order valence-electron chi connectivity index (χ4n) is 1.67. The molecule has 0 aliphatic heterocycles. The lowest BCUT2D eigenvalue weighted by atomic mass is 10.2. The zero-order valence-corrected chi connectivity index (χ0v) is 12.7.